The summed E-state index contributed by atoms with van der Waals surface area (Å²) < 4.78 is 11.2. The highest BCUT2D eigenvalue weighted by Gasteiger charge is 2.27. The van der Waals surface area contributed by atoms with Gasteiger partial charge in [-0.3, -0.25) is 4.21 Å². The summed E-state index contributed by atoms with van der Waals surface area (Å²) in [6.07, 6.45) is 3.97. The first-order chi connectivity index (χ1) is 6.66. The second kappa shape index (κ2) is 3.90. The molecule has 2 aliphatic heterocycles. The number of hydrogen-bond acceptors (Lipinski definition) is 4. The summed E-state index contributed by atoms with van der Waals surface area (Å²) >= 11 is 0. The number of hydrogen-bond donors (Lipinski definition) is 2. The third-order valence-electron chi connectivity index (χ3n) is 2.88. The standard InChI is InChI=1S/C9H17N3OS/c1-7-9(10)6-12(11-7)8-2-4-14(13)5-3-8/h6-8,11H,2-5,10H2,1H3. The molecule has 1 unspecified atom stereocenters. The summed E-state index contributed by atoms with van der Waals surface area (Å²) in [5.41, 5.74) is 9.99. The lowest BCUT2D eigenvalue weighted by atomic mass is 10.1. The summed E-state index contributed by atoms with van der Waals surface area (Å²) in [7, 11) is -0.585. The Morgan fingerprint density at radius 2 is 2.21 bits per heavy atom. The molecule has 4 nitrogen and oxygen atoms in total. The lowest BCUT2D eigenvalue weighted by Gasteiger charge is -2.31. The van der Waals surface area contributed by atoms with E-state index >= 15 is 0 Å². The molecule has 0 radical (unpaired) electrons. The van der Waals surface area contributed by atoms with Crippen molar-refractivity contribution in [3.05, 3.63) is 11.9 Å². The van der Waals surface area contributed by atoms with E-state index in [-0.39, 0.29) is 6.04 Å². The maximum Gasteiger partial charge on any atom is 0.0643 e. The van der Waals surface area contributed by atoms with E-state index in [0.29, 0.717) is 6.04 Å². The van der Waals surface area contributed by atoms with E-state index in [0.717, 1.165) is 30.0 Å². The molecule has 0 saturated carbocycles. The Kier molecular flexibility index (Phi) is 2.78. The van der Waals surface area contributed by atoms with E-state index in [2.05, 4.69) is 10.4 Å². The average Bonchev–Trinajstić information content (AvgIpc) is 2.48. The zero-order chi connectivity index (χ0) is 10.1. The molecular formula is C9H17N3OS. The van der Waals surface area contributed by atoms with Gasteiger partial charge in [0.1, 0.15) is 0 Å². The maximum atomic E-state index is 11.2. The van der Waals surface area contributed by atoms with Crippen LogP contribution in [0.3, 0.4) is 0 Å². The van der Waals surface area contributed by atoms with Gasteiger partial charge in [0.25, 0.3) is 0 Å². The van der Waals surface area contributed by atoms with Crippen LogP contribution >= 0.6 is 0 Å². The van der Waals surface area contributed by atoms with E-state index in [1.807, 2.05) is 13.1 Å². The normalized spacial score (nSPS) is 38.5. The highest BCUT2D eigenvalue weighted by molar-refractivity contribution is 7.85. The second-order valence-corrected chi connectivity index (χ2v) is 5.66. The van der Waals surface area contributed by atoms with Crippen molar-refractivity contribution in [1.82, 2.24) is 10.4 Å². The summed E-state index contributed by atoms with van der Waals surface area (Å²) in [6.45, 7) is 2.05. The molecule has 0 aromatic rings. The maximum absolute atomic E-state index is 11.2. The van der Waals surface area contributed by atoms with Crippen molar-refractivity contribution in [3.8, 4) is 0 Å². The number of rotatable bonds is 1. The smallest absolute Gasteiger partial charge is 0.0643 e. The Morgan fingerprint density at radius 1 is 1.57 bits per heavy atom. The Bertz CT molecular complexity index is 269. The van der Waals surface area contributed by atoms with Gasteiger partial charge in [-0.25, -0.2) is 5.43 Å². The highest BCUT2D eigenvalue weighted by Crippen LogP contribution is 2.19. The molecule has 2 heterocycles. The predicted octanol–water partition coefficient (Wildman–Crippen LogP) is -0.0937. The molecule has 5 heteroatoms. The van der Waals surface area contributed by atoms with Gasteiger partial charge in [-0.05, 0) is 19.8 Å². The van der Waals surface area contributed by atoms with Gasteiger partial charge in [-0.15, -0.1) is 0 Å². The lowest BCUT2D eigenvalue weighted by Crippen LogP contribution is -2.44. The van der Waals surface area contributed by atoms with Crippen LogP contribution in [0.4, 0.5) is 0 Å². The predicted molar refractivity (Wildman–Crippen MR) is 57.6 cm³/mol. The molecule has 14 heavy (non-hydrogen) atoms. The Morgan fingerprint density at radius 3 is 2.71 bits per heavy atom. The van der Waals surface area contributed by atoms with Crippen molar-refractivity contribution in [2.24, 2.45) is 5.73 Å². The van der Waals surface area contributed by atoms with Gasteiger partial charge in [0, 0.05) is 40.2 Å². The second-order valence-electron chi connectivity index (χ2n) is 3.97. The van der Waals surface area contributed by atoms with Crippen LogP contribution in [0, 0.1) is 0 Å². The number of hydrazine groups is 1. The molecule has 0 aromatic heterocycles. The van der Waals surface area contributed by atoms with Crippen molar-refractivity contribution in [2.75, 3.05) is 11.5 Å². The molecule has 2 rings (SSSR count). The van der Waals surface area contributed by atoms with Crippen LogP contribution in [0.2, 0.25) is 0 Å². The topological polar surface area (TPSA) is 58.4 Å². The molecule has 1 saturated heterocycles. The molecule has 0 aromatic carbocycles. The Hall–Kier alpha value is -0.550. The highest BCUT2D eigenvalue weighted by atomic mass is 32.2. The molecule has 0 amide bonds. The molecule has 2 aliphatic rings. The fraction of sp³-hybridized carbons (Fsp3) is 0.778. The molecule has 1 atom stereocenters. The molecule has 0 bridgehead atoms. The van der Waals surface area contributed by atoms with Gasteiger partial charge in [-0.2, -0.15) is 0 Å². The van der Waals surface area contributed by atoms with E-state index in [1.165, 1.54) is 0 Å². The molecule has 1 fully saturated rings. The van der Waals surface area contributed by atoms with Gasteiger partial charge in [0.05, 0.1) is 6.04 Å². The van der Waals surface area contributed by atoms with Crippen molar-refractivity contribution in [1.29, 1.82) is 0 Å². The zero-order valence-electron chi connectivity index (χ0n) is 8.40. The number of nitrogens with zero attached hydrogens (tertiary/aromatic N) is 1. The molecule has 0 aliphatic carbocycles. The van der Waals surface area contributed by atoms with Gasteiger partial charge >= 0.3 is 0 Å². The summed E-state index contributed by atoms with van der Waals surface area (Å²) in [6, 6.07) is 0.707. The van der Waals surface area contributed by atoms with Crippen molar-refractivity contribution in [3.63, 3.8) is 0 Å². The van der Waals surface area contributed by atoms with Crippen molar-refractivity contribution >= 4 is 10.8 Å². The van der Waals surface area contributed by atoms with Gasteiger partial charge in [0.2, 0.25) is 0 Å². The molecule has 80 valence electrons. The van der Waals surface area contributed by atoms with E-state index in [4.69, 9.17) is 5.73 Å². The van der Waals surface area contributed by atoms with E-state index in [9.17, 15) is 4.21 Å². The quantitative estimate of drug-likeness (QED) is 0.641. The van der Waals surface area contributed by atoms with Crippen LogP contribution in [0.5, 0.6) is 0 Å². The third-order valence-corrected chi connectivity index (χ3v) is 4.26. The summed E-state index contributed by atoms with van der Waals surface area (Å²) in [5.74, 6) is 1.65. The molecule has 0 spiro atoms. The first-order valence-electron chi connectivity index (χ1n) is 5.03. The van der Waals surface area contributed by atoms with Crippen LogP contribution in [0.1, 0.15) is 19.8 Å². The van der Waals surface area contributed by atoms with Crippen LogP contribution < -0.4 is 11.2 Å². The van der Waals surface area contributed by atoms with Crippen LogP contribution in [-0.4, -0.2) is 32.8 Å². The zero-order valence-corrected chi connectivity index (χ0v) is 9.22. The van der Waals surface area contributed by atoms with Crippen molar-refractivity contribution < 1.29 is 4.21 Å². The Labute approximate surface area is 87.0 Å². The van der Waals surface area contributed by atoms with E-state index < -0.39 is 10.8 Å². The SMILES string of the molecule is CC1NN(C2CCS(=O)CC2)C=C1N. The average molecular weight is 215 g/mol. The fourth-order valence-electron chi connectivity index (χ4n) is 1.88. The van der Waals surface area contributed by atoms with Crippen LogP contribution in [0.25, 0.3) is 0 Å². The van der Waals surface area contributed by atoms with Gasteiger partial charge in [-0.1, -0.05) is 0 Å². The minimum atomic E-state index is -0.585. The first-order valence-corrected chi connectivity index (χ1v) is 6.52. The van der Waals surface area contributed by atoms with E-state index in [1.54, 1.807) is 0 Å². The molecule has 3 N–H and O–H groups in total. The minimum absolute atomic E-state index is 0.238. The lowest BCUT2D eigenvalue weighted by molar-refractivity contribution is 0.191. The van der Waals surface area contributed by atoms with Crippen LogP contribution in [-0.2, 0) is 10.8 Å². The molecular weight excluding hydrogens is 198 g/mol. The number of nitrogens with one attached hydrogen (secondary N) is 1. The van der Waals surface area contributed by atoms with Gasteiger partial charge < -0.3 is 10.7 Å². The summed E-state index contributed by atoms with van der Waals surface area (Å²) in [4.78, 5) is 0. The monoisotopic (exact) mass is 215 g/mol. The number of nitrogens with two attached hydrogens (primary N) is 1. The fourth-order valence-corrected chi connectivity index (χ4v) is 3.15. The van der Waals surface area contributed by atoms with Crippen molar-refractivity contribution in [2.45, 2.75) is 31.8 Å². The van der Waals surface area contributed by atoms with Gasteiger partial charge in [0.15, 0.2) is 0 Å². The third kappa shape index (κ3) is 1.93. The summed E-state index contributed by atoms with van der Waals surface area (Å²) in [5, 5.41) is 2.09. The largest absolute Gasteiger partial charge is 0.399 e. The minimum Gasteiger partial charge on any atom is -0.399 e. The first kappa shape index (κ1) is 9.98. The van der Waals surface area contributed by atoms with Crippen LogP contribution in [0.15, 0.2) is 11.9 Å². The Balaban J connectivity index is 1.94.